The standard InChI is InChI=1S/C28H14N2O2/c29-15-17-1-5-19(6-2-17)21-9-11-23-25(13-21)27(31)24-12-10-22(14-26(24)28(23)32)20-7-3-18(16-30)4-8-20/h1-14H. The molecule has 0 aliphatic heterocycles. The molecule has 0 saturated carbocycles. The maximum Gasteiger partial charge on any atom is 0.194 e. The van der Waals surface area contributed by atoms with Crippen LogP contribution in [0.3, 0.4) is 0 Å². The van der Waals surface area contributed by atoms with Gasteiger partial charge in [-0.1, -0.05) is 36.4 Å². The van der Waals surface area contributed by atoms with Gasteiger partial charge in [-0.3, -0.25) is 9.59 Å². The first-order chi connectivity index (χ1) is 15.6. The molecule has 1 aliphatic rings. The number of nitriles is 2. The summed E-state index contributed by atoms with van der Waals surface area (Å²) in [6.07, 6.45) is 0. The fraction of sp³-hybridized carbons (Fsp3) is 0. The molecule has 148 valence electrons. The number of carbonyl (C=O) groups excluding carboxylic acids is 2. The lowest BCUT2D eigenvalue weighted by Gasteiger charge is -2.19. The Morgan fingerprint density at radius 2 is 0.781 bits per heavy atom. The van der Waals surface area contributed by atoms with Gasteiger partial charge in [-0.15, -0.1) is 0 Å². The molecule has 0 heterocycles. The summed E-state index contributed by atoms with van der Waals surface area (Å²) in [5.74, 6) is -0.368. The molecule has 5 rings (SSSR count). The summed E-state index contributed by atoms with van der Waals surface area (Å²) in [4.78, 5) is 26.5. The third-order valence-electron chi connectivity index (χ3n) is 5.71. The number of rotatable bonds is 2. The second-order valence-electron chi connectivity index (χ2n) is 7.56. The van der Waals surface area contributed by atoms with E-state index in [4.69, 9.17) is 10.5 Å². The molecule has 0 saturated heterocycles. The summed E-state index contributed by atoms with van der Waals surface area (Å²) in [6.45, 7) is 0. The summed E-state index contributed by atoms with van der Waals surface area (Å²) in [6, 6.07) is 28.9. The first-order valence-electron chi connectivity index (χ1n) is 9.97. The van der Waals surface area contributed by atoms with Crippen LogP contribution in [-0.4, -0.2) is 11.6 Å². The molecule has 4 heteroatoms. The Bertz CT molecular complexity index is 1380. The Hall–Kier alpha value is -4.80. The number of carbonyl (C=O) groups is 2. The molecule has 1 aliphatic carbocycles. The summed E-state index contributed by atoms with van der Waals surface area (Å²) >= 11 is 0. The minimum atomic E-state index is -0.184. The smallest absolute Gasteiger partial charge is 0.194 e. The van der Waals surface area contributed by atoms with Crippen molar-refractivity contribution in [1.82, 2.24) is 0 Å². The molecule has 32 heavy (non-hydrogen) atoms. The highest BCUT2D eigenvalue weighted by atomic mass is 16.1. The molecule has 0 aromatic heterocycles. The van der Waals surface area contributed by atoms with Gasteiger partial charge in [0.15, 0.2) is 11.6 Å². The van der Waals surface area contributed by atoms with Crippen molar-refractivity contribution in [3.05, 3.63) is 118 Å². The number of benzene rings is 4. The van der Waals surface area contributed by atoms with Crippen molar-refractivity contribution in [3.8, 4) is 34.4 Å². The van der Waals surface area contributed by atoms with Crippen LogP contribution in [0.15, 0.2) is 84.9 Å². The zero-order chi connectivity index (χ0) is 22.2. The third kappa shape index (κ3) is 3.08. The summed E-state index contributed by atoms with van der Waals surface area (Å²) in [7, 11) is 0. The zero-order valence-corrected chi connectivity index (χ0v) is 16.8. The van der Waals surface area contributed by atoms with Crippen molar-refractivity contribution < 1.29 is 9.59 Å². The highest BCUT2D eigenvalue weighted by Gasteiger charge is 2.30. The van der Waals surface area contributed by atoms with Crippen molar-refractivity contribution in [2.75, 3.05) is 0 Å². The minimum absolute atomic E-state index is 0.184. The van der Waals surface area contributed by atoms with Crippen LogP contribution in [0.4, 0.5) is 0 Å². The molecule has 4 nitrogen and oxygen atoms in total. The third-order valence-corrected chi connectivity index (χ3v) is 5.71. The zero-order valence-electron chi connectivity index (χ0n) is 16.8. The Kier molecular flexibility index (Phi) is 4.48. The quantitative estimate of drug-likeness (QED) is 0.383. The molecule has 0 unspecified atom stereocenters. The van der Waals surface area contributed by atoms with Crippen LogP contribution >= 0.6 is 0 Å². The van der Waals surface area contributed by atoms with E-state index in [1.165, 1.54) is 0 Å². The molecule has 0 bridgehead atoms. The molecule has 0 spiro atoms. The summed E-state index contributed by atoms with van der Waals surface area (Å²) in [5.41, 5.74) is 6.02. The van der Waals surface area contributed by atoms with Crippen LogP contribution in [0.25, 0.3) is 22.3 Å². The van der Waals surface area contributed by atoms with Crippen LogP contribution in [0.1, 0.15) is 43.0 Å². The lowest BCUT2D eigenvalue weighted by atomic mass is 9.81. The van der Waals surface area contributed by atoms with Gasteiger partial charge in [0.05, 0.1) is 23.3 Å². The summed E-state index contributed by atoms with van der Waals surface area (Å²) < 4.78 is 0. The van der Waals surface area contributed by atoms with E-state index < -0.39 is 0 Å². The topological polar surface area (TPSA) is 81.7 Å². The van der Waals surface area contributed by atoms with E-state index in [-0.39, 0.29) is 11.6 Å². The predicted octanol–water partition coefficient (Wildman–Crippen LogP) is 5.54. The first-order valence-corrected chi connectivity index (χ1v) is 9.97. The average molecular weight is 410 g/mol. The normalized spacial score (nSPS) is 11.8. The number of ketones is 2. The maximum atomic E-state index is 13.2. The highest BCUT2D eigenvalue weighted by molar-refractivity contribution is 6.29. The molecule has 4 aromatic rings. The number of fused-ring (bicyclic) bond motifs is 2. The predicted molar refractivity (Wildman–Crippen MR) is 120 cm³/mol. The second kappa shape index (κ2) is 7.47. The lowest BCUT2D eigenvalue weighted by molar-refractivity contribution is 0.0979. The van der Waals surface area contributed by atoms with Crippen LogP contribution in [0.2, 0.25) is 0 Å². The van der Waals surface area contributed by atoms with E-state index in [0.717, 1.165) is 22.3 Å². The van der Waals surface area contributed by atoms with Crippen molar-refractivity contribution in [2.45, 2.75) is 0 Å². The van der Waals surface area contributed by atoms with E-state index in [1.807, 2.05) is 36.4 Å². The number of hydrogen-bond donors (Lipinski definition) is 0. The van der Waals surface area contributed by atoms with Crippen molar-refractivity contribution in [1.29, 1.82) is 10.5 Å². The number of hydrogen-bond acceptors (Lipinski definition) is 4. The van der Waals surface area contributed by atoms with E-state index in [2.05, 4.69) is 12.1 Å². The Labute approximate surface area is 184 Å². The largest absolute Gasteiger partial charge is 0.289 e. The second-order valence-corrected chi connectivity index (χ2v) is 7.56. The molecule has 0 fully saturated rings. The van der Waals surface area contributed by atoms with Gasteiger partial charge in [0.1, 0.15) is 0 Å². The van der Waals surface area contributed by atoms with Gasteiger partial charge < -0.3 is 0 Å². The molecule has 0 N–H and O–H groups in total. The minimum Gasteiger partial charge on any atom is -0.289 e. The lowest BCUT2D eigenvalue weighted by Crippen LogP contribution is -2.21. The molecular weight excluding hydrogens is 396 g/mol. The molecule has 4 aromatic carbocycles. The van der Waals surface area contributed by atoms with Crippen LogP contribution in [-0.2, 0) is 0 Å². The Morgan fingerprint density at radius 1 is 0.438 bits per heavy atom. The summed E-state index contributed by atoms with van der Waals surface area (Å²) in [5, 5.41) is 18.0. The highest BCUT2D eigenvalue weighted by Crippen LogP contribution is 2.33. The monoisotopic (exact) mass is 410 g/mol. The van der Waals surface area contributed by atoms with E-state index in [0.29, 0.717) is 33.4 Å². The SMILES string of the molecule is N#Cc1ccc(-c2ccc3c(c2)C(=O)c2ccc(-c4ccc(C#N)cc4)cc2C3=O)cc1. The van der Waals surface area contributed by atoms with Crippen LogP contribution in [0, 0.1) is 22.7 Å². The fourth-order valence-corrected chi connectivity index (χ4v) is 3.98. The van der Waals surface area contributed by atoms with Crippen LogP contribution < -0.4 is 0 Å². The van der Waals surface area contributed by atoms with Gasteiger partial charge in [-0.2, -0.15) is 10.5 Å². The fourth-order valence-electron chi connectivity index (χ4n) is 3.98. The van der Waals surface area contributed by atoms with Crippen molar-refractivity contribution in [3.63, 3.8) is 0 Å². The maximum absolute atomic E-state index is 13.2. The van der Waals surface area contributed by atoms with Crippen molar-refractivity contribution in [2.24, 2.45) is 0 Å². The van der Waals surface area contributed by atoms with Crippen molar-refractivity contribution >= 4 is 11.6 Å². The first kappa shape index (κ1) is 19.2. The molecule has 0 atom stereocenters. The van der Waals surface area contributed by atoms with E-state index in [9.17, 15) is 9.59 Å². The number of nitrogens with zero attached hydrogens (tertiary/aromatic N) is 2. The van der Waals surface area contributed by atoms with Crippen LogP contribution in [0.5, 0.6) is 0 Å². The van der Waals surface area contributed by atoms with Gasteiger partial charge in [-0.05, 0) is 70.8 Å². The molecule has 0 amide bonds. The average Bonchev–Trinajstić information content (AvgIpc) is 2.86. The van der Waals surface area contributed by atoms with Gasteiger partial charge in [0.2, 0.25) is 0 Å². The van der Waals surface area contributed by atoms with Gasteiger partial charge in [-0.25, -0.2) is 0 Å². The Balaban J connectivity index is 1.55. The van der Waals surface area contributed by atoms with E-state index >= 15 is 0 Å². The van der Waals surface area contributed by atoms with Gasteiger partial charge in [0, 0.05) is 22.3 Å². The van der Waals surface area contributed by atoms with E-state index in [1.54, 1.807) is 48.5 Å². The molecule has 0 radical (unpaired) electrons. The van der Waals surface area contributed by atoms with Gasteiger partial charge in [0.25, 0.3) is 0 Å². The molecular formula is C28H14N2O2. The Morgan fingerprint density at radius 3 is 1.12 bits per heavy atom. The van der Waals surface area contributed by atoms with Gasteiger partial charge >= 0.3 is 0 Å².